The number of carbonyl (C=O) groups is 2. The van der Waals surface area contributed by atoms with Gasteiger partial charge < -0.3 is 4.74 Å². The fourth-order valence-corrected chi connectivity index (χ4v) is 7.17. The van der Waals surface area contributed by atoms with Gasteiger partial charge in [-0.2, -0.15) is 0 Å². The number of aryl methyl sites for hydroxylation is 1. The zero-order valence-electron chi connectivity index (χ0n) is 14.0. The maximum atomic E-state index is 13.4. The average Bonchev–Trinajstić information content (AvgIpc) is 3.09. The largest absolute Gasteiger partial charge is 0.496 e. The summed E-state index contributed by atoms with van der Waals surface area (Å²) in [6.07, 6.45) is 2.85. The molecule has 2 saturated carbocycles. The van der Waals surface area contributed by atoms with Gasteiger partial charge in [0.2, 0.25) is 0 Å². The normalized spacial score (nSPS) is 36.8. The lowest BCUT2D eigenvalue weighted by atomic mass is 9.69. The number of benzene rings is 1. The highest BCUT2D eigenvalue weighted by molar-refractivity contribution is 9.10. The molecule has 4 rings (SSSR count). The van der Waals surface area contributed by atoms with Gasteiger partial charge in [0.15, 0.2) is 11.6 Å². The second-order valence-corrected chi connectivity index (χ2v) is 9.23. The number of ketones is 2. The van der Waals surface area contributed by atoms with E-state index in [1.54, 1.807) is 13.2 Å². The number of ether oxygens (including phenoxy) is 1. The van der Waals surface area contributed by atoms with Gasteiger partial charge in [0.05, 0.1) is 12.5 Å². The summed E-state index contributed by atoms with van der Waals surface area (Å²) >= 11 is 3.76. The van der Waals surface area contributed by atoms with Crippen LogP contribution in [0.1, 0.15) is 59.4 Å². The number of methoxy groups -OCH3 is 1. The maximum Gasteiger partial charge on any atom is 0.181 e. The molecule has 0 aliphatic heterocycles. The summed E-state index contributed by atoms with van der Waals surface area (Å²) in [5, 5.41) is 0. The van der Waals surface area contributed by atoms with Crippen molar-refractivity contribution < 1.29 is 14.3 Å². The molecule has 0 heterocycles. The number of Topliss-reactive ketones (excluding diaryl/α,β-unsaturated/α-hetero) is 2. The Kier molecular flexibility index (Phi) is 2.85. The highest BCUT2D eigenvalue weighted by Gasteiger charge is 2.87. The van der Waals surface area contributed by atoms with Crippen LogP contribution in [0.15, 0.2) is 12.1 Å². The summed E-state index contributed by atoms with van der Waals surface area (Å²) in [6.45, 7) is 6.29. The van der Waals surface area contributed by atoms with Gasteiger partial charge in [0.25, 0.3) is 0 Å². The lowest BCUT2D eigenvalue weighted by Crippen LogP contribution is -2.37. The zero-order valence-corrected chi connectivity index (χ0v) is 15.5. The van der Waals surface area contributed by atoms with Crippen LogP contribution in [0.4, 0.5) is 0 Å². The third-order valence-electron chi connectivity index (χ3n) is 6.39. The summed E-state index contributed by atoms with van der Waals surface area (Å²) in [7, 11) is 1.60. The molecular formula is C19H21BrO3. The fourth-order valence-electron chi connectivity index (χ4n) is 5.46. The van der Waals surface area contributed by atoms with Crippen molar-refractivity contribution in [3.05, 3.63) is 28.8 Å². The van der Waals surface area contributed by atoms with E-state index in [1.807, 2.05) is 13.0 Å². The Balaban J connectivity index is 1.96. The van der Waals surface area contributed by atoms with Crippen LogP contribution in [0.3, 0.4) is 0 Å². The monoisotopic (exact) mass is 376 g/mol. The number of hydrogen-bond donors (Lipinski definition) is 0. The van der Waals surface area contributed by atoms with Crippen molar-refractivity contribution in [3.63, 3.8) is 0 Å². The molecule has 3 aliphatic rings. The van der Waals surface area contributed by atoms with Gasteiger partial charge in [-0.05, 0) is 42.9 Å². The van der Waals surface area contributed by atoms with Crippen molar-refractivity contribution in [3.8, 4) is 5.75 Å². The van der Waals surface area contributed by atoms with E-state index in [-0.39, 0.29) is 22.9 Å². The van der Waals surface area contributed by atoms with Crippen LogP contribution < -0.4 is 4.74 Å². The van der Waals surface area contributed by atoms with E-state index >= 15 is 0 Å². The maximum absolute atomic E-state index is 13.4. The lowest BCUT2D eigenvalue weighted by Gasteiger charge is -2.33. The van der Waals surface area contributed by atoms with Gasteiger partial charge in [-0.15, -0.1) is 0 Å². The minimum Gasteiger partial charge on any atom is -0.496 e. The number of fused-ring (bicyclic) bond motifs is 2. The van der Waals surface area contributed by atoms with Crippen LogP contribution in [-0.4, -0.2) is 23.0 Å². The third kappa shape index (κ3) is 1.52. The van der Waals surface area contributed by atoms with Crippen molar-refractivity contribution in [1.82, 2.24) is 0 Å². The number of alkyl halides is 1. The standard InChI is InChI=1S/C19H21BrO3/c1-10-8-11-12(9-13(10)23-4)14(21)18-7-5-6-17(2,3)16(18)19(18,20)15(11)22/h8-9,16H,5-7H2,1-4H3/t16-,18-,19-/m0/s1. The molecular weight excluding hydrogens is 356 g/mol. The molecule has 3 atom stereocenters. The second-order valence-electron chi connectivity index (χ2n) is 7.98. The average molecular weight is 377 g/mol. The number of rotatable bonds is 1. The number of hydrogen-bond acceptors (Lipinski definition) is 3. The minimum atomic E-state index is -0.703. The summed E-state index contributed by atoms with van der Waals surface area (Å²) in [5.41, 5.74) is 1.43. The zero-order chi connectivity index (χ0) is 16.8. The Morgan fingerprint density at radius 1 is 1.13 bits per heavy atom. The topological polar surface area (TPSA) is 43.4 Å². The summed E-state index contributed by atoms with van der Waals surface area (Å²) in [6, 6.07) is 3.59. The van der Waals surface area contributed by atoms with E-state index in [9.17, 15) is 9.59 Å². The molecule has 0 saturated heterocycles. The summed E-state index contributed by atoms with van der Waals surface area (Å²) < 4.78 is 4.66. The van der Waals surface area contributed by atoms with Crippen molar-refractivity contribution in [2.75, 3.05) is 7.11 Å². The molecule has 1 aromatic rings. The predicted octanol–water partition coefficient (Wildman–Crippen LogP) is 4.34. The highest BCUT2D eigenvalue weighted by Crippen LogP contribution is 2.81. The third-order valence-corrected chi connectivity index (χ3v) is 7.92. The van der Waals surface area contributed by atoms with Gasteiger partial charge in [-0.1, -0.05) is 36.2 Å². The van der Waals surface area contributed by atoms with Crippen molar-refractivity contribution in [2.24, 2.45) is 16.7 Å². The Morgan fingerprint density at radius 3 is 2.43 bits per heavy atom. The first-order valence-corrected chi connectivity index (χ1v) is 8.98. The molecule has 3 nitrogen and oxygen atoms in total. The first-order chi connectivity index (χ1) is 10.7. The molecule has 2 fully saturated rings. The smallest absolute Gasteiger partial charge is 0.181 e. The molecule has 3 aliphatic carbocycles. The van der Waals surface area contributed by atoms with Crippen molar-refractivity contribution in [2.45, 2.75) is 44.4 Å². The summed E-state index contributed by atoms with van der Waals surface area (Å²) in [4.78, 5) is 26.7. The molecule has 0 aromatic heterocycles. The van der Waals surface area contributed by atoms with E-state index in [4.69, 9.17) is 4.74 Å². The molecule has 0 amide bonds. The molecule has 0 bridgehead atoms. The fraction of sp³-hybridized carbons (Fsp3) is 0.579. The van der Waals surface area contributed by atoms with E-state index in [1.165, 1.54) is 0 Å². The second kappa shape index (κ2) is 4.27. The van der Waals surface area contributed by atoms with E-state index in [0.29, 0.717) is 16.9 Å². The number of halogens is 1. The molecule has 122 valence electrons. The minimum absolute atomic E-state index is 0.00571. The molecule has 0 unspecified atom stereocenters. The van der Waals surface area contributed by atoms with Crippen LogP contribution in [0.25, 0.3) is 0 Å². The van der Waals surface area contributed by atoms with Crippen LogP contribution in [0.5, 0.6) is 5.75 Å². The lowest BCUT2D eigenvalue weighted by molar-refractivity contribution is 0.0759. The van der Waals surface area contributed by atoms with E-state index < -0.39 is 9.74 Å². The number of carbonyl (C=O) groups excluding carboxylic acids is 2. The van der Waals surface area contributed by atoms with Gasteiger partial charge in [0.1, 0.15) is 10.1 Å². The van der Waals surface area contributed by atoms with E-state index in [0.717, 1.165) is 24.8 Å². The molecule has 23 heavy (non-hydrogen) atoms. The SMILES string of the molecule is COc1cc2c(cc1C)C(=O)[C@]1(Br)[C@H]3C(C)(C)CCC[C@]31C2=O. The Hall–Kier alpha value is -1.16. The molecule has 0 radical (unpaired) electrons. The van der Waals surface area contributed by atoms with Crippen LogP contribution in [-0.2, 0) is 0 Å². The highest BCUT2D eigenvalue weighted by atomic mass is 79.9. The van der Waals surface area contributed by atoms with Crippen LogP contribution in [0, 0.1) is 23.7 Å². The summed E-state index contributed by atoms with van der Waals surface area (Å²) in [5.74, 6) is 0.962. The van der Waals surface area contributed by atoms with Gasteiger partial charge in [-0.25, -0.2) is 0 Å². The Morgan fingerprint density at radius 2 is 1.78 bits per heavy atom. The van der Waals surface area contributed by atoms with Crippen molar-refractivity contribution in [1.29, 1.82) is 0 Å². The molecule has 1 spiro atoms. The molecule has 1 aromatic carbocycles. The van der Waals surface area contributed by atoms with Crippen LogP contribution >= 0.6 is 15.9 Å². The van der Waals surface area contributed by atoms with E-state index in [2.05, 4.69) is 29.8 Å². The predicted molar refractivity (Wildman–Crippen MR) is 91.6 cm³/mol. The van der Waals surface area contributed by atoms with Crippen molar-refractivity contribution >= 4 is 27.5 Å². The quantitative estimate of drug-likeness (QED) is 0.684. The van der Waals surface area contributed by atoms with Crippen LogP contribution in [0.2, 0.25) is 0 Å². The first-order valence-electron chi connectivity index (χ1n) is 8.19. The van der Waals surface area contributed by atoms with Gasteiger partial charge in [0, 0.05) is 17.0 Å². The Bertz CT molecular complexity index is 766. The van der Waals surface area contributed by atoms with Gasteiger partial charge >= 0.3 is 0 Å². The van der Waals surface area contributed by atoms with Gasteiger partial charge in [-0.3, -0.25) is 9.59 Å². The molecule has 0 N–H and O–H groups in total. The first kappa shape index (κ1) is 15.4. The molecule has 4 heteroatoms. The Labute approximate surface area is 144 Å².